The number of hydrogen-bond acceptors (Lipinski definition) is 8. The first-order valence-electron chi connectivity index (χ1n) is 8.38. The van der Waals surface area contributed by atoms with Gasteiger partial charge < -0.3 is 4.42 Å². The third-order valence-corrected chi connectivity index (χ3v) is 5.57. The lowest BCUT2D eigenvalue weighted by atomic mass is 10.1. The van der Waals surface area contributed by atoms with E-state index in [1.807, 2.05) is 6.07 Å². The molecule has 0 radical (unpaired) electrons. The van der Waals surface area contributed by atoms with Gasteiger partial charge in [0.05, 0.1) is 10.9 Å². The van der Waals surface area contributed by atoms with Crippen LogP contribution in [0.25, 0.3) is 17.0 Å². The van der Waals surface area contributed by atoms with E-state index in [9.17, 15) is 14.9 Å². The summed E-state index contributed by atoms with van der Waals surface area (Å²) in [5, 5.41) is 13.1. The van der Waals surface area contributed by atoms with Crippen LogP contribution >= 0.6 is 23.3 Å². The smallest absolute Gasteiger partial charge is 0.268 e. The van der Waals surface area contributed by atoms with Crippen LogP contribution in [0.1, 0.15) is 19.4 Å². The maximum Gasteiger partial charge on any atom is 0.268 e. The van der Waals surface area contributed by atoms with E-state index in [0.717, 1.165) is 17.3 Å². The highest BCUT2D eigenvalue weighted by atomic mass is 32.2. The van der Waals surface area contributed by atoms with E-state index >= 15 is 0 Å². The monoisotopic (exact) mass is 412 g/mol. The van der Waals surface area contributed by atoms with Gasteiger partial charge in [0.2, 0.25) is 10.3 Å². The molecule has 9 heteroatoms. The zero-order chi connectivity index (χ0) is 20.1. The lowest BCUT2D eigenvalue weighted by molar-refractivity contribution is -0.112. The van der Waals surface area contributed by atoms with Gasteiger partial charge in [0.15, 0.2) is 5.43 Å². The molecule has 1 amide bonds. The van der Waals surface area contributed by atoms with Crippen LogP contribution in [-0.4, -0.2) is 21.0 Å². The summed E-state index contributed by atoms with van der Waals surface area (Å²) in [6, 6.07) is 8.58. The second kappa shape index (κ2) is 8.82. The largest absolute Gasteiger partial charge is 0.463 e. The number of carbonyl (C=O) groups excluding carboxylic acids is 1. The quantitative estimate of drug-likeness (QED) is 0.371. The molecule has 0 aliphatic carbocycles. The number of nitriles is 1. The van der Waals surface area contributed by atoms with Crippen LogP contribution in [-0.2, 0) is 4.79 Å². The summed E-state index contributed by atoms with van der Waals surface area (Å²) < 4.78 is 9.58. The van der Waals surface area contributed by atoms with Crippen molar-refractivity contribution >= 4 is 51.4 Å². The van der Waals surface area contributed by atoms with Gasteiger partial charge in [0, 0.05) is 17.3 Å². The fraction of sp³-hybridized carbons (Fsp3) is 0.211. The molecule has 3 aromatic rings. The van der Waals surface area contributed by atoms with Crippen LogP contribution in [0.5, 0.6) is 0 Å². The number of carbonyl (C=O) groups is 1. The molecule has 0 aliphatic heterocycles. The molecular formula is C19H16N4O3S2. The first-order chi connectivity index (χ1) is 13.5. The Balaban J connectivity index is 1.80. The van der Waals surface area contributed by atoms with Crippen molar-refractivity contribution in [3.8, 4) is 6.07 Å². The molecule has 1 N–H and O–H groups in total. The standard InChI is InChI=1S/C19H16N4O3S2/c1-11(2)10-27-19-22-18(28-23-19)21-17(25)12(8-20)7-13-9-26-15-6-4-3-5-14(15)16(13)24/h3-7,9,11H,10H2,1-2H3,(H,21,22,23,25)/b12-7-. The van der Waals surface area contributed by atoms with Gasteiger partial charge in [-0.05, 0) is 24.1 Å². The molecule has 1 aromatic carbocycles. The van der Waals surface area contributed by atoms with E-state index in [4.69, 9.17) is 4.42 Å². The summed E-state index contributed by atoms with van der Waals surface area (Å²) in [5.74, 6) is 0.700. The van der Waals surface area contributed by atoms with Crippen molar-refractivity contribution in [2.75, 3.05) is 11.1 Å². The number of aromatic nitrogens is 2. The van der Waals surface area contributed by atoms with E-state index in [1.165, 1.54) is 24.1 Å². The number of nitrogens with zero attached hydrogens (tertiary/aromatic N) is 3. The third kappa shape index (κ3) is 4.65. The van der Waals surface area contributed by atoms with Crippen molar-refractivity contribution in [3.05, 3.63) is 51.9 Å². The molecule has 0 bridgehead atoms. The second-order valence-corrected chi connectivity index (χ2v) is 7.97. The average molecular weight is 412 g/mol. The Morgan fingerprint density at radius 1 is 1.43 bits per heavy atom. The molecule has 0 aliphatic rings. The number of amides is 1. The second-order valence-electron chi connectivity index (χ2n) is 6.23. The van der Waals surface area contributed by atoms with Crippen molar-refractivity contribution in [1.29, 1.82) is 5.26 Å². The lowest BCUT2D eigenvalue weighted by Crippen LogP contribution is -2.14. The molecule has 0 spiro atoms. The molecule has 7 nitrogen and oxygen atoms in total. The maximum absolute atomic E-state index is 12.5. The topological polar surface area (TPSA) is 109 Å². The first-order valence-corrected chi connectivity index (χ1v) is 10.1. The Hall–Kier alpha value is -2.96. The van der Waals surface area contributed by atoms with Crippen LogP contribution in [0.15, 0.2) is 50.5 Å². The van der Waals surface area contributed by atoms with E-state index in [1.54, 1.807) is 24.3 Å². The number of thioether (sulfide) groups is 1. The van der Waals surface area contributed by atoms with Crippen molar-refractivity contribution in [1.82, 2.24) is 9.36 Å². The van der Waals surface area contributed by atoms with Gasteiger partial charge in [-0.3, -0.25) is 14.9 Å². The number of anilines is 1. The molecular weight excluding hydrogens is 396 g/mol. The Morgan fingerprint density at radius 3 is 2.96 bits per heavy atom. The van der Waals surface area contributed by atoms with Crippen LogP contribution in [0.4, 0.5) is 5.13 Å². The third-order valence-electron chi connectivity index (χ3n) is 3.55. The van der Waals surface area contributed by atoms with Gasteiger partial charge in [-0.25, -0.2) is 0 Å². The number of fused-ring (bicyclic) bond motifs is 1. The molecule has 0 fully saturated rings. The van der Waals surface area contributed by atoms with Gasteiger partial charge in [-0.15, -0.1) is 0 Å². The van der Waals surface area contributed by atoms with Crippen molar-refractivity contribution < 1.29 is 9.21 Å². The number of nitrogens with one attached hydrogen (secondary N) is 1. The number of hydrogen-bond donors (Lipinski definition) is 1. The summed E-state index contributed by atoms with van der Waals surface area (Å²) >= 11 is 2.54. The summed E-state index contributed by atoms with van der Waals surface area (Å²) in [6.07, 6.45) is 2.45. The van der Waals surface area contributed by atoms with Crippen molar-refractivity contribution in [2.24, 2.45) is 5.92 Å². The minimum Gasteiger partial charge on any atom is -0.463 e. The molecule has 2 heterocycles. The van der Waals surface area contributed by atoms with Gasteiger partial charge in [-0.1, -0.05) is 37.7 Å². The number of para-hydroxylation sites is 1. The van der Waals surface area contributed by atoms with Crippen LogP contribution in [0.2, 0.25) is 0 Å². The van der Waals surface area contributed by atoms with Crippen molar-refractivity contribution in [3.63, 3.8) is 0 Å². The molecule has 0 saturated carbocycles. The highest BCUT2D eigenvalue weighted by molar-refractivity contribution is 7.99. The van der Waals surface area contributed by atoms with E-state index in [0.29, 0.717) is 27.2 Å². The van der Waals surface area contributed by atoms with Gasteiger partial charge >= 0.3 is 0 Å². The predicted molar refractivity (Wildman–Crippen MR) is 110 cm³/mol. The Bertz CT molecular complexity index is 1140. The normalized spacial score (nSPS) is 11.6. The molecule has 0 saturated heterocycles. The van der Waals surface area contributed by atoms with E-state index in [-0.39, 0.29) is 16.6 Å². The Labute approximate surface area is 169 Å². The fourth-order valence-electron chi connectivity index (χ4n) is 2.22. The zero-order valence-corrected chi connectivity index (χ0v) is 16.8. The van der Waals surface area contributed by atoms with Crippen LogP contribution in [0.3, 0.4) is 0 Å². The first kappa shape index (κ1) is 19.8. The zero-order valence-electron chi connectivity index (χ0n) is 15.1. The Morgan fingerprint density at radius 2 is 2.21 bits per heavy atom. The minimum atomic E-state index is -0.661. The highest BCUT2D eigenvalue weighted by Gasteiger charge is 2.15. The van der Waals surface area contributed by atoms with E-state index < -0.39 is 5.91 Å². The van der Waals surface area contributed by atoms with Crippen LogP contribution in [0, 0.1) is 17.2 Å². The average Bonchev–Trinajstić information content (AvgIpc) is 3.13. The Kier molecular flexibility index (Phi) is 6.23. The predicted octanol–water partition coefficient (Wildman–Crippen LogP) is 3.94. The molecule has 3 rings (SSSR count). The van der Waals surface area contributed by atoms with Crippen molar-refractivity contribution in [2.45, 2.75) is 19.0 Å². The summed E-state index contributed by atoms with van der Waals surface area (Å²) in [6.45, 7) is 4.19. The molecule has 2 aromatic heterocycles. The van der Waals surface area contributed by atoms with Gasteiger partial charge in [0.25, 0.3) is 5.91 Å². The minimum absolute atomic E-state index is 0.121. The number of benzene rings is 1. The molecule has 142 valence electrons. The van der Waals surface area contributed by atoms with E-state index in [2.05, 4.69) is 28.5 Å². The summed E-state index contributed by atoms with van der Waals surface area (Å²) in [7, 11) is 0. The van der Waals surface area contributed by atoms with Crippen LogP contribution < -0.4 is 10.7 Å². The highest BCUT2D eigenvalue weighted by Crippen LogP contribution is 2.22. The SMILES string of the molecule is CC(C)CSc1nsc(NC(=O)/C(C#N)=C\c2coc3ccccc3c2=O)n1. The number of rotatable bonds is 6. The molecule has 0 unspecified atom stereocenters. The lowest BCUT2D eigenvalue weighted by Gasteiger charge is -2.01. The molecule has 28 heavy (non-hydrogen) atoms. The fourth-order valence-corrected chi connectivity index (χ4v) is 3.71. The maximum atomic E-state index is 12.5. The van der Waals surface area contributed by atoms with Gasteiger partial charge in [-0.2, -0.15) is 14.6 Å². The summed E-state index contributed by atoms with van der Waals surface area (Å²) in [5.41, 5.74) is 0.0172. The van der Waals surface area contributed by atoms with Gasteiger partial charge in [0.1, 0.15) is 23.5 Å². The summed E-state index contributed by atoms with van der Waals surface area (Å²) in [4.78, 5) is 29.1. The molecule has 0 atom stereocenters.